The first-order valence-electron chi connectivity index (χ1n) is 15.0. The van der Waals surface area contributed by atoms with Crippen molar-refractivity contribution in [1.82, 2.24) is 5.32 Å². The smallest absolute Gasteiger partial charge is 0.466 e. The van der Waals surface area contributed by atoms with Crippen LogP contribution in [0.2, 0.25) is 0 Å². The Bertz CT molecular complexity index is 1410. The number of rotatable bonds is 13. The molecule has 242 valence electrons. The largest absolute Gasteiger partial charge is 0.573 e. The second kappa shape index (κ2) is 15.6. The molecule has 3 aromatic carbocycles. The topological polar surface area (TPSA) is 93.7 Å². The summed E-state index contributed by atoms with van der Waals surface area (Å²) in [7, 11) is 0. The molecule has 0 aliphatic rings. The Balaban J connectivity index is 1.91. The molecule has 0 bridgehead atoms. The van der Waals surface area contributed by atoms with Crippen LogP contribution in [0.1, 0.15) is 92.8 Å². The highest BCUT2D eigenvalue weighted by Gasteiger charge is 2.33. The third-order valence-corrected chi connectivity index (χ3v) is 7.30. The molecule has 0 aromatic heterocycles. The van der Waals surface area contributed by atoms with Crippen molar-refractivity contribution in [1.29, 1.82) is 0 Å². The van der Waals surface area contributed by atoms with Gasteiger partial charge < -0.3 is 20.1 Å². The van der Waals surface area contributed by atoms with Crippen LogP contribution in [0.3, 0.4) is 0 Å². The van der Waals surface area contributed by atoms with Gasteiger partial charge in [0.2, 0.25) is 5.91 Å². The van der Waals surface area contributed by atoms with Crippen LogP contribution >= 0.6 is 0 Å². The fourth-order valence-electron chi connectivity index (χ4n) is 5.05. The van der Waals surface area contributed by atoms with Gasteiger partial charge in [-0.05, 0) is 77.8 Å². The Morgan fingerprint density at radius 2 is 1.42 bits per heavy atom. The first kappa shape index (κ1) is 35.1. The maximum Gasteiger partial charge on any atom is 0.573 e. The maximum absolute atomic E-state index is 14.0. The van der Waals surface area contributed by atoms with Gasteiger partial charge in [0.25, 0.3) is 5.91 Å². The minimum Gasteiger partial charge on any atom is -0.466 e. The van der Waals surface area contributed by atoms with Crippen LogP contribution in [-0.2, 0) is 19.7 Å². The van der Waals surface area contributed by atoms with Crippen LogP contribution < -0.4 is 15.4 Å². The molecule has 0 saturated heterocycles. The van der Waals surface area contributed by atoms with Crippen molar-refractivity contribution in [3.8, 4) is 5.75 Å². The zero-order valence-electron chi connectivity index (χ0n) is 26.3. The van der Waals surface area contributed by atoms with Gasteiger partial charge >= 0.3 is 12.3 Å². The number of benzene rings is 3. The average molecular weight is 627 g/mol. The lowest BCUT2D eigenvalue weighted by molar-refractivity contribution is -0.274. The van der Waals surface area contributed by atoms with Crippen molar-refractivity contribution >= 4 is 23.5 Å². The summed E-state index contributed by atoms with van der Waals surface area (Å²) in [5.74, 6) is -2.58. The minimum absolute atomic E-state index is 0.0543. The van der Waals surface area contributed by atoms with Gasteiger partial charge in [0.1, 0.15) is 5.75 Å². The molecular formula is C35H41F3N2O5. The molecule has 0 spiro atoms. The number of anilines is 1. The number of nitrogens with one attached hydrogen (secondary N) is 2. The highest BCUT2D eigenvalue weighted by atomic mass is 19.4. The quantitative estimate of drug-likeness (QED) is 0.188. The van der Waals surface area contributed by atoms with E-state index in [9.17, 15) is 27.6 Å². The summed E-state index contributed by atoms with van der Waals surface area (Å²) in [4.78, 5) is 38.2. The second-order valence-corrected chi connectivity index (χ2v) is 11.7. The number of halogens is 3. The number of hydrogen-bond donors (Lipinski definition) is 2. The van der Waals surface area contributed by atoms with E-state index in [-0.39, 0.29) is 48.5 Å². The first-order chi connectivity index (χ1) is 21.2. The Morgan fingerprint density at radius 3 is 1.96 bits per heavy atom. The summed E-state index contributed by atoms with van der Waals surface area (Å²) in [6.45, 7) is 10.4. The van der Waals surface area contributed by atoms with E-state index >= 15 is 0 Å². The average Bonchev–Trinajstić information content (AvgIpc) is 2.97. The van der Waals surface area contributed by atoms with Crippen LogP contribution in [0.4, 0.5) is 18.9 Å². The minimum atomic E-state index is -4.84. The number of esters is 1. The number of alkyl halides is 3. The predicted octanol–water partition coefficient (Wildman–Crippen LogP) is 7.87. The monoisotopic (exact) mass is 626 g/mol. The van der Waals surface area contributed by atoms with Crippen molar-refractivity contribution in [2.24, 2.45) is 0 Å². The van der Waals surface area contributed by atoms with Crippen molar-refractivity contribution in [2.45, 2.75) is 77.5 Å². The van der Waals surface area contributed by atoms with Crippen molar-refractivity contribution in [3.05, 3.63) is 95.1 Å². The van der Waals surface area contributed by atoms with E-state index in [0.29, 0.717) is 23.2 Å². The molecule has 2 atom stereocenters. The summed E-state index contributed by atoms with van der Waals surface area (Å²) in [6, 6.07) is 19.8. The van der Waals surface area contributed by atoms with Gasteiger partial charge in [0.05, 0.1) is 18.9 Å². The molecule has 7 nitrogen and oxygen atoms in total. The SMILES string of the molecule is CCC[C@H](c1ccc(C(=O)NCCC(=O)OCC)cc1)[C@@H](C(=O)Nc1ccc(C(C)(C)C)cc1)c1ccc(OC(F)(F)F)cc1. The van der Waals surface area contributed by atoms with E-state index in [4.69, 9.17) is 4.74 Å². The molecule has 0 heterocycles. The molecule has 0 unspecified atom stereocenters. The lowest BCUT2D eigenvalue weighted by Crippen LogP contribution is -2.28. The Morgan fingerprint density at radius 1 is 0.822 bits per heavy atom. The standard InChI is InChI=1S/C35H41F3N2O5/c1-6-8-29(23-9-11-25(12-10-23)32(42)39-22-21-30(41)44-7-2)31(24-13-19-28(20-14-24)45-35(36,37)38)33(43)40-27-17-15-26(16-18-27)34(3,4)5/h9-20,29,31H,6-8,21-22H2,1-5H3,(H,39,42)(H,40,43)/t29-,31+/m1/s1. The molecule has 10 heteroatoms. The van der Waals surface area contributed by atoms with E-state index in [2.05, 4.69) is 36.1 Å². The summed E-state index contributed by atoms with van der Waals surface area (Å²) in [6.07, 6.45) is -3.47. The fourth-order valence-corrected chi connectivity index (χ4v) is 5.05. The number of ether oxygens (including phenoxy) is 2. The van der Waals surface area contributed by atoms with Crippen molar-refractivity contribution in [2.75, 3.05) is 18.5 Å². The molecule has 3 rings (SSSR count). The third kappa shape index (κ3) is 10.7. The number of carbonyl (C=O) groups excluding carboxylic acids is 3. The highest BCUT2D eigenvalue weighted by Crippen LogP contribution is 2.39. The van der Waals surface area contributed by atoms with E-state index in [1.54, 1.807) is 31.2 Å². The maximum atomic E-state index is 14.0. The van der Waals surface area contributed by atoms with Gasteiger partial charge in [0.15, 0.2) is 0 Å². The van der Waals surface area contributed by atoms with E-state index in [1.165, 1.54) is 24.3 Å². The van der Waals surface area contributed by atoms with Gasteiger partial charge in [-0.15, -0.1) is 13.2 Å². The molecule has 2 amide bonds. The molecule has 0 radical (unpaired) electrons. The van der Waals surface area contributed by atoms with Gasteiger partial charge in [-0.1, -0.05) is 70.5 Å². The molecular weight excluding hydrogens is 585 g/mol. The number of hydrogen-bond acceptors (Lipinski definition) is 5. The van der Waals surface area contributed by atoms with E-state index in [1.807, 2.05) is 31.2 Å². The van der Waals surface area contributed by atoms with E-state index in [0.717, 1.165) is 17.5 Å². The summed E-state index contributed by atoms with van der Waals surface area (Å²) in [5.41, 5.74) is 3.32. The zero-order chi connectivity index (χ0) is 33.2. The van der Waals surface area contributed by atoms with Crippen molar-refractivity contribution < 1.29 is 37.0 Å². The van der Waals surface area contributed by atoms with E-state index < -0.39 is 18.2 Å². The summed E-state index contributed by atoms with van der Waals surface area (Å²) in [5, 5.41) is 5.69. The Kier molecular flexibility index (Phi) is 12.2. The van der Waals surface area contributed by atoms with Crippen LogP contribution in [0.15, 0.2) is 72.8 Å². The molecule has 45 heavy (non-hydrogen) atoms. The molecule has 0 aliphatic heterocycles. The van der Waals surface area contributed by atoms with Gasteiger partial charge in [-0.25, -0.2) is 0 Å². The lowest BCUT2D eigenvalue weighted by atomic mass is 9.78. The van der Waals surface area contributed by atoms with Crippen LogP contribution in [-0.4, -0.2) is 37.3 Å². The molecule has 3 aromatic rings. The van der Waals surface area contributed by atoms with Gasteiger partial charge in [-0.2, -0.15) is 0 Å². The summed E-state index contributed by atoms with van der Waals surface area (Å²) >= 11 is 0. The van der Waals surface area contributed by atoms with Gasteiger partial charge in [0, 0.05) is 17.8 Å². The normalized spacial score (nSPS) is 13.0. The van der Waals surface area contributed by atoms with Crippen LogP contribution in [0, 0.1) is 0 Å². The number of carbonyl (C=O) groups is 3. The molecule has 0 fully saturated rings. The second-order valence-electron chi connectivity index (χ2n) is 11.7. The third-order valence-electron chi connectivity index (χ3n) is 7.30. The molecule has 0 aliphatic carbocycles. The number of amides is 2. The van der Waals surface area contributed by atoms with Crippen LogP contribution in [0.25, 0.3) is 0 Å². The summed E-state index contributed by atoms with van der Waals surface area (Å²) < 4.78 is 47.4. The zero-order valence-corrected chi connectivity index (χ0v) is 26.3. The molecule has 0 saturated carbocycles. The van der Waals surface area contributed by atoms with Crippen molar-refractivity contribution in [3.63, 3.8) is 0 Å². The molecule has 2 N–H and O–H groups in total. The fraction of sp³-hybridized carbons (Fsp3) is 0.400. The predicted molar refractivity (Wildman–Crippen MR) is 167 cm³/mol. The first-order valence-corrected chi connectivity index (χ1v) is 15.0. The lowest BCUT2D eigenvalue weighted by Gasteiger charge is -2.28. The Hall–Kier alpha value is -4.34. The highest BCUT2D eigenvalue weighted by molar-refractivity contribution is 5.97. The Labute approximate surface area is 262 Å². The van der Waals surface area contributed by atoms with Crippen LogP contribution in [0.5, 0.6) is 5.75 Å². The van der Waals surface area contributed by atoms with Gasteiger partial charge in [-0.3, -0.25) is 14.4 Å².